The third kappa shape index (κ3) is 2.71. The predicted octanol–water partition coefficient (Wildman–Crippen LogP) is 3.72. The minimum atomic E-state index is -0.644. The molecule has 3 nitrogen and oxygen atoms in total. The van der Waals surface area contributed by atoms with Crippen LogP contribution < -0.4 is 0 Å². The van der Waals surface area contributed by atoms with Gasteiger partial charge in [-0.25, -0.2) is 4.99 Å². The monoisotopic (exact) mass is 303 g/mol. The summed E-state index contributed by atoms with van der Waals surface area (Å²) in [6, 6.07) is 23.7. The molecule has 0 radical (unpaired) electrons. The molecular formula is C20H17NO2. The number of rotatable bonds is 3. The van der Waals surface area contributed by atoms with Crippen molar-refractivity contribution in [3.8, 4) is 0 Å². The van der Waals surface area contributed by atoms with Crippen LogP contribution in [-0.2, 0) is 4.74 Å². The predicted molar refractivity (Wildman–Crippen MR) is 91.6 cm³/mol. The molecule has 0 saturated heterocycles. The fourth-order valence-corrected chi connectivity index (χ4v) is 2.90. The summed E-state index contributed by atoms with van der Waals surface area (Å²) < 4.78 is 5.73. The molecule has 1 aliphatic rings. The van der Waals surface area contributed by atoms with Crippen molar-refractivity contribution in [1.29, 1.82) is 0 Å². The van der Waals surface area contributed by atoms with E-state index in [9.17, 15) is 5.11 Å². The van der Waals surface area contributed by atoms with E-state index in [1.807, 2.05) is 48.5 Å². The average molecular weight is 303 g/mol. The van der Waals surface area contributed by atoms with E-state index >= 15 is 0 Å². The first kappa shape index (κ1) is 14.0. The van der Waals surface area contributed by atoms with Gasteiger partial charge in [-0.1, -0.05) is 60.7 Å². The Balaban J connectivity index is 1.62. The maximum Gasteiger partial charge on any atom is 0.216 e. The molecule has 0 unspecified atom stereocenters. The Hall–Kier alpha value is -2.65. The lowest BCUT2D eigenvalue weighted by Crippen LogP contribution is -2.17. The number of aliphatic hydroxyl groups is 1. The molecule has 0 saturated carbocycles. The molecule has 4 rings (SSSR count). The largest absolute Gasteiger partial charge is 0.475 e. The molecule has 1 aliphatic heterocycles. The zero-order valence-electron chi connectivity index (χ0n) is 12.6. The summed E-state index contributed by atoms with van der Waals surface area (Å²) in [6.45, 7) is 0.401. The molecular weight excluding hydrogens is 286 g/mol. The Morgan fingerprint density at radius 2 is 1.65 bits per heavy atom. The summed E-state index contributed by atoms with van der Waals surface area (Å²) in [4.78, 5) is 4.59. The second-order valence-corrected chi connectivity index (χ2v) is 5.73. The number of ether oxygens (including phenoxy) is 1. The Kier molecular flexibility index (Phi) is 3.56. The second kappa shape index (κ2) is 5.86. The molecule has 0 bridgehead atoms. The van der Waals surface area contributed by atoms with Gasteiger partial charge >= 0.3 is 0 Å². The summed E-state index contributed by atoms with van der Waals surface area (Å²) in [6.07, 6.45) is -0.644. The maximum atomic E-state index is 10.5. The first-order valence-electron chi connectivity index (χ1n) is 7.74. The molecule has 3 heteroatoms. The van der Waals surface area contributed by atoms with Gasteiger partial charge in [0.1, 0.15) is 18.8 Å². The molecule has 2 atom stereocenters. The number of aliphatic imine (C=N–C) groups is 1. The molecule has 0 aliphatic carbocycles. The molecule has 1 N–H and O–H groups in total. The van der Waals surface area contributed by atoms with Gasteiger partial charge < -0.3 is 9.84 Å². The van der Waals surface area contributed by atoms with Crippen LogP contribution in [0.5, 0.6) is 0 Å². The van der Waals surface area contributed by atoms with E-state index in [2.05, 4.69) is 29.3 Å². The van der Waals surface area contributed by atoms with E-state index in [1.165, 1.54) is 5.39 Å². The molecule has 0 aromatic heterocycles. The van der Waals surface area contributed by atoms with Crippen LogP contribution in [0.4, 0.5) is 0 Å². The van der Waals surface area contributed by atoms with E-state index in [-0.39, 0.29) is 6.04 Å². The third-order valence-electron chi connectivity index (χ3n) is 4.18. The third-order valence-corrected chi connectivity index (χ3v) is 4.18. The Morgan fingerprint density at radius 3 is 2.48 bits per heavy atom. The highest BCUT2D eigenvalue weighted by atomic mass is 16.5. The van der Waals surface area contributed by atoms with Crippen LogP contribution in [-0.4, -0.2) is 23.7 Å². The van der Waals surface area contributed by atoms with Crippen LogP contribution in [0.1, 0.15) is 17.2 Å². The van der Waals surface area contributed by atoms with E-state index in [0.717, 1.165) is 16.5 Å². The van der Waals surface area contributed by atoms with Crippen molar-refractivity contribution in [3.63, 3.8) is 0 Å². The number of hydrogen-bond donors (Lipinski definition) is 1. The van der Waals surface area contributed by atoms with Crippen molar-refractivity contribution >= 4 is 16.7 Å². The van der Waals surface area contributed by atoms with E-state index < -0.39 is 6.10 Å². The SMILES string of the molecule is O[C@@H](c1ccccc1)[C@@H]1COC(c2ccc3ccccc3c2)=N1. The molecule has 23 heavy (non-hydrogen) atoms. The second-order valence-electron chi connectivity index (χ2n) is 5.73. The number of nitrogens with zero attached hydrogens (tertiary/aromatic N) is 1. The van der Waals surface area contributed by atoms with Crippen LogP contribution in [0.25, 0.3) is 10.8 Å². The van der Waals surface area contributed by atoms with Gasteiger partial charge in [0.05, 0.1) is 0 Å². The molecule has 1 heterocycles. The minimum absolute atomic E-state index is 0.265. The highest BCUT2D eigenvalue weighted by Crippen LogP contribution is 2.25. The molecule has 0 fully saturated rings. The Morgan fingerprint density at radius 1 is 0.913 bits per heavy atom. The lowest BCUT2D eigenvalue weighted by Gasteiger charge is -2.13. The summed E-state index contributed by atoms with van der Waals surface area (Å²) in [5.41, 5.74) is 1.82. The zero-order chi connectivity index (χ0) is 15.6. The van der Waals surface area contributed by atoms with Crippen LogP contribution in [0.3, 0.4) is 0 Å². The van der Waals surface area contributed by atoms with Crippen molar-refractivity contribution < 1.29 is 9.84 Å². The zero-order valence-corrected chi connectivity index (χ0v) is 12.6. The fraction of sp³-hybridized carbons (Fsp3) is 0.150. The van der Waals surface area contributed by atoms with Gasteiger partial charge in [0.25, 0.3) is 0 Å². The summed E-state index contributed by atoms with van der Waals surface area (Å²) in [5.74, 6) is 0.607. The highest BCUT2D eigenvalue weighted by Gasteiger charge is 2.27. The lowest BCUT2D eigenvalue weighted by atomic mass is 10.0. The van der Waals surface area contributed by atoms with Crippen molar-refractivity contribution in [2.45, 2.75) is 12.1 Å². The summed E-state index contributed by atoms with van der Waals surface area (Å²) in [5, 5.41) is 12.8. The topological polar surface area (TPSA) is 41.8 Å². The van der Waals surface area contributed by atoms with Gasteiger partial charge in [0, 0.05) is 5.56 Å². The van der Waals surface area contributed by atoms with Gasteiger partial charge in [0.2, 0.25) is 5.90 Å². The van der Waals surface area contributed by atoms with Crippen molar-refractivity contribution in [2.75, 3.05) is 6.61 Å². The molecule has 0 spiro atoms. The molecule has 3 aromatic rings. The minimum Gasteiger partial charge on any atom is -0.475 e. The smallest absolute Gasteiger partial charge is 0.216 e. The van der Waals surface area contributed by atoms with Crippen molar-refractivity contribution in [3.05, 3.63) is 83.9 Å². The van der Waals surface area contributed by atoms with Crippen molar-refractivity contribution in [1.82, 2.24) is 0 Å². The first-order valence-corrected chi connectivity index (χ1v) is 7.74. The average Bonchev–Trinajstić information content (AvgIpc) is 3.11. The number of aliphatic hydroxyl groups excluding tert-OH is 1. The van der Waals surface area contributed by atoms with E-state index in [4.69, 9.17) is 4.74 Å². The Labute approximate surface area is 134 Å². The van der Waals surface area contributed by atoms with E-state index in [1.54, 1.807) is 0 Å². The van der Waals surface area contributed by atoms with Gasteiger partial charge in [-0.3, -0.25) is 0 Å². The molecule has 114 valence electrons. The van der Waals surface area contributed by atoms with Gasteiger partial charge in [0.15, 0.2) is 0 Å². The maximum absolute atomic E-state index is 10.5. The van der Waals surface area contributed by atoms with Gasteiger partial charge in [-0.05, 0) is 28.5 Å². The Bertz CT molecular complexity index is 858. The van der Waals surface area contributed by atoms with Crippen LogP contribution in [0.15, 0.2) is 77.8 Å². The van der Waals surface area contributed by atoms with Crippen LogP contribution >= 0.6 is 0 Å². The standard InChI is InChI=1S/C20H17NO2/c22-19(15-7-2-1-3-8-15)18-13-23-20(21-18)17-11-10-14-6-4-5-9-16(14)12-17/h1-12,18-19,22H,13H2/t18-,19-/m0/s1. The fourth-order valence-electron chi connectivity index (χ4n) is 2.90. The van der Waals surface area contributed by atoms with Gasteiger partial charge in [-0.15, -0.1) is 0 Å². The number of benzene rings is 3. The first-order chi connectivity index (χ1) is 11.3. The highest BCUT2D eigenvalue weighted by molar-refractivity contribution is 5.99. The van der Waals surface area contributed by atoms with E-state index in [0.29, 0.717) is 12.5 Å². The summed E-state index contributed by atoms with van der Waals surface area (Å²) in [7, 11) is 0. The lowest BCUT2D eigenvalue weighted by molar-refractivity contribution is 0.130. The van der Waals surface area contributed by atoms with Crippen LogP contribution in [0.2, 0.25) is 0 Å². The molecule has 3 aromatic carbocycles. The number of fused-ring (bicyclic) bond motifs is 1. The molecule has 0 amide bonds. The number of hydrogen-bond acceptors (Lipinski definition) is 3. The normalized spacial score (nSPS) is 18.5. The summed E-state index contributed by atoms with van der Waals surface area (Å²) >= 11 is 0. The van der Waals surface area contributed by atoms with Gasteiger partial charge in [-0.2, -0.15) is 0 Å². The van der Waals surface area contributed by atoms with Crippen LogP contribution in [0, 0.1) is 0 Å². The quantitative estimate of drug-likeness (QED) is 0.801. The van der Waals surface area contributed by atoms with Crippen molar-refractivity contribution in [2.24, 2.45) is 4.99 Å².